The van der Waals surface area contributed by atoms with Gasteiger partial charge in [0.15, 0.2) is 16.7 Å². The van der Waals surface area contributed by atoms with Crippen molar-refractivity contribution in [3.8, 4) is 0 Å². The lowest BCUT2D eigenvalue weighted by Crippen LogP contribution is -2.27. The molecule has 0 bridgehead atoms. The Labute approximate surface area is 165 Å². The van der Waals surface area contributed by atoms with Crippen molar-refractivity contribution in [3.05, 3.63) is 46.2 Å². The first-order chi connectivity index (χ1) is 13.4. The first-order valence-electron chi connectivity index (χ1n) is 8.58. The van der Waals surface area contributed by atoms with Gasteiger partial charge in [-0.15, -0.1) is 0 Å². The zero-order valence-electron chi connectivity index (χ0n) is 15.5. The highest BCUT2D eigenvalue weighted by molar-refractivity contribution is 7.99. The van der Waals surface area contributed by atoms with Gasteiger partial charge in [0, 0.05) is 19.0 Å². The Bertz CT molecular complexity index is 914. The molecule has 148 valence electrons. The number of aromatic nitrogens is 2. The van der Waals surface area contributed by atoms with E-state index in [2.05, 4.69) is 25.9 Å². The van der Waals surface area contributed by atoms with Crippen LogP contribution in [-0.4, -0.2) is 40.0 Å². The molecule has 28 heavy (non-hydrogen) atoms. The number of carbonyl (C=O) groups excluding carboxylic acids is 3. The second kappa shape index (κ2) is 10.3. The van der Waals surface area contributed by atoms with E-state index in [9.17, 15) is 19.2 Å². The van der Waals surface area contributed by atoms with E-state index < -0.39 is 17.4 Å². The van der Waals surface area contributed by atoms with Gasteiger partial charge in [-0.1, -0.05) is 36.9 Å². The lowest BCUT2D eigenvalue weighted by Gasteiger charge is -2.11. The summed E-state index contributed by atoms with van der Waals surface area (Å²) >= 11 is 1.02. The standard InChI is InChI=1S/C18H21N5O4S/c1-3-9-19-13(25)10-28-18-22-15(20-11(2)24)14(17(27)23-18)21-16(26)12-7-5-4-6-8-12/h4-8H,3,9-10H2,1-2H3,(H,19,25)(H,21,26)(H2,20,22,23,24,27). The SMILES string of the molecule is CCCNC(=O)CSc1nc(NC(C)=O)c(NC(=O)c2ccccc2)c(=O)[nH]1. The third-order valence-corrected chi connectivity index (χ3v) is 4.25. The Balaban J connectivity index is 2.22. The van der Waals surface area contributed by atoms with E-state index in [1.165, 1.54) is 6.92 Å². The van der Waals surface area contributed by atoms with Crippen LogP contribution < -0.4 is 21.5 Å². The molecule has 0 aliphatic heterocycles. The molecule has 3 amide bonds. The monoisotopic (exact) mass is 403 g/mol. The number of nitrogens with one attached hydrogen (secondary N) is 4. The number of hydrogen-bond donors (Lipinski definition) is 4. The Morgan fingerprint density at radius 1 is 1.14 bits per heavy atom. The number of carbonyl (C=O) groups is 3. The molecule has 0 fully saturated rings. The van der Waals surface area contributed by atoms with Gasteiger partial charge in [0.25, 0.3) is 11.5 Å². The van der Waals surface area contributed by atoms with E-state index in [4.69, 9.17) is 0 Å². The molecule has 0 saturated carbocycles. The lowest BCUT2D eigenvalue weighted by molar-refractivity contribution is -0.118. The number of aromatic amines is 1. The fourth-order valence-electron chi connectivity index (χ4n) is 2.12. The van der Waals surface area contributed by atoms with Crippen LogP contribution >= 0.6 is 11.8 Å². The van der Waals surface area contributed by atoms with Gasteiger partial charge < -0.3 is 16.0 Å². The molecule has 0 atom stereocenters. The van der Waals surface area contributed by atoms with Crippen LogP contribution in [0.2, 0.25) is 0 Å². The largest absolute Gasteiger partial charge is 0.355 e. The minimum atomic E-state index is -0.639. The molecule has 10 heteroatoms. The third kappa shape index (κ3) is 6.23. The number of H-pyrrole nitrogens is 1. The average molecular weight is 403 g/mol. The lowest BCUT2D eigenvalue weighted by atomic mass is 10.2. The van der Waals surface area contributed by atoms with Crippen LogP contribution in [0.25, 0.3) is 0 Å². The molecule has 1 aromatic carbocycles. The summed E-state index contributed by atoms with van der Waals surface area (Å²) in [5.74, 6) is -1.20. The van der Waals surface area contributed by atoms with Crippen molar-refractivity contribution in [2.75, 3.05) is 22.9 Å². The summed E-state index contributed by atoms with van der Waals surface area (Å²) in [6.07, 6.45) is 0.813. The molecule has 0 aliphatic carbocycles. The third-order valence-electron chi connectivity index (χ3n) is 3.38. The molecule has 0 unspecified atom stereocenters. The molecule has 4 N–H and O–H groups in total. The maximum absolute atomic E-state index is 12.5. The smallest absolute Gasteiger partial charge is 0.277 e. The molecule has 0 radical (unpaired) electrons. The Morgan fingerprint density at radius 2 is 1.86 bits per heavy atom. The van der Waals surface area contributed by atoms with Crippen molar-refractivity contribution in [2.45, 2.75) is 25.4 Å². The highest BCUT2D eigenvalue weighted by atomic mass is 32.2. The molecular formula is C18H21N5O4S. The number of anilines is 2. The predicted molar refractivity (Wildman–Crippen MR) is 108 cm³/mol. The highest BCUT2D eigenvalue weighted by Crippen LogP contribution is 2.20. The summed E-state index contributed by atoms with van der Waals surface area (Å²) in [5.41, 5.74) is -0.468. The van der Waals surface area contributed by atoms with E-state index in [1.807, 2.05) is 6.92 Å². The van der Waals surface area contributed by atoms with Gasteiger partial charge >= 0.3 is 0 Å². The van der Waals surface area contributed by atoms with Gasteiger partial charge in [0.2, 0.25) is 11.8 Å². The zero-order valence-corrected chi connectivity index (χ0v) is 16.3. The number of rotatable bonds is 8. The maximum Gasteiger partial charge on any atom is 0.277 e. The van der Waals surface area contributed by atoms with Crippen LogP contribution in [0.1, 0.15) is 30.6 Å². The van der Waals surface area contributed by atoms with Crippen molar-refractivity contribution < 1.29 is 14.4 Å². The second-order valence-electron chi connectivity index (χ2n) is 5.73. The predicted octanol–water partition coefficient (Wildman–Crippen LogP) is 1.60. The molecule has 1 aromatic heterocycles. The van der Waals surface area contributed by atoms with Crippen LogP contribution in [0, 0.1) is 0 Å². The van der Waals surface area contributed by atoms with Gasteiger partial charge in [0.1, 0.15) is 0 Å². The summed E-state index contributed by atoms with van der Waals surface area (Å²) in [7, 11) is 0. The molecular weight excluding hydrogens is 382 g/mol. The van der Waals surface area contributed by atoms with Crippen molar-refractivity contribution in [2.24, 2.45) is 0 Å². The topological polar surface area (TPSA) is 133 Å². The minimum Gasteiger partial charge on any atom is -0.355 e. The number of benzene rings is 1. The minimum absolute atomic E-state index is 0.0537. The molecule has 2 rings (SSSR count). The van der Waals surface area contributed by atoms with Crippen LogP contribution in [0.4, 0.5) is 11.5 Å². The van der Waals surface area contributed by atoms with Crippen molar-refractivity contribution in [1.29, 1.82) is 0 Å². The summed E-state index contributed by atoms with van der Waals surface area (Å²) in [6, 6.07) is 8.32. The van der Waals surface area contributed by atoms with Crippen LogP contribution in [-0.2, 0) is 9.59 Å². The van der Waals surface area contributed by atoms with Crippen LogP contribution in [0.3, 0.4) is 0 Å². The summed E-state index contributed by atoms with van der Waals surface area (Å²) in [4.78, 5) is 54.6. The molecule has 0 saturated heterocycles. The molecule has 0 aliphatic rings. The molecule has 0 spiro atoms. The highest BCUT2D eigenvalue weighted by Gasteiger charge is 2.17. The van der Waals surface area contributed by atoms with Gasteiger partial charge in [-0.3, -0.25) is 24.2 Å². The van der Waals surface area contributed by atoms with E-state index in [0.29, 0.717) is 12.1 Å². The quantitative estimate of drug-likeness (QED) is 0.391. The van der Waals surface area contributed by atoms with E-state index in [-0.39, 0.29) is 28.3 Å². The number of hydrogen-bond acceptors (Lipinski definition) is 6. The van der Waals surface area contributed by atoms with E-state index in [1.54, 1.807) is 30.3 Å². The number of thioether (sulfide) groups is 1. The van der Waals surface area contributed by atoms with Gasteiger partial charge in [0.05, 0.1) is 5.75 Å². The summed E-state index contributed by atoms with van der Waals surface area (Å²) < 4.78 is 0. The zero-order chi connectivity index (χ0) is 20.5. The first kappa shape index (κ1) is 21.2. The number of nitrogens with zero attached hydrogens (tertiary/aromatic N) is 1. The number of amides is 3. The molecule has 2 aromatic rings. The Kier molecular flexibility index (Phi) is 7.76. The average Bonchev–Trinajstić information content (AvgIpc) is 2.67. The van der Waals surface area contributed by atoms with Crippen molar-refractivity contribution in [1.82, 2.24) is 15.3 Å². The maximum atomic E-state index is 12.5. The van der Waals surface area contributed by atoms with E-state index >= 15 is 0 Å². The van der Waals surface area contributed by atoms with Crippen molar-refractivity contribution >= 4 is 41.0 Å². The first-order valence-corrected chi connectivity index (χ1v) is 9.57. The van der Waals surface area contributed by atoms with Gasteiger partial charge in [-0.05, 0) is 18.6 Å². The normalized spacial score (nSPS) is 10.2. The van der Waals surface area contributed by atoms with E-state index in [0.717, 1.165) is 18.2 Å². The summed E-state index contributed by atoms with van der Waals surface area (Å²) in [5, 5.41) is 7.77. The fourth-order valence-corrected chi connectivity index (χ4v) is 2.81. The van der Waals surface area contributed by atoms with Crippen LogP contribution in [0.5, 0.6) is 0 Å². The fraction of sp³-hybridized carbons (Fsp3) is 0.278. The van der Waals surface area contributed by atoms with Crippen molar-refractivity contribution in [3.63, 3.8) is 0 Å². The van der Waals surface area contributed by atoms with Gasteiger partial charge in [-0.25, -0.2) is 4.98 Å². The summed E-state index contributed by atoms with van der Waals surface area (Å²) in [6.45, 7) is 3.76. The van der Waals surface area contributed by atoms with Gasteiger partial charge in [-0.2, -0.15) is 0 Å². The Hall–Kier alpha value is -3.14. The van der Waals surface area contributed by atoms with Crippen LogP contribution in [0.15, 0.2) is 40.3 Å². The second-order valence-corrected chi connectivity index (χ2v) is 6.70. The molecule has 1 heterocycles. The molecule has 9 nitrogen and oxygen atoms in total. The Morgan fingerprint density at radius 3 is 2.50 bits per heavy atom.